The fourth-order valence-corrected chi connectivity index (χ4v) is 10.7. The molecule has 0 aromatic rings. The number of unbranched alkanes of at least 4 members (excludes halogenated alkanes) is 40. The Hall–Kier alpha value is -2.56. The van der Waals surface area contributed by atoms with E-state index in [1.165, 1.54) is 212 Å². The molecule has 0 spiro atoms. The summed E-state index contributed by atoms with van der Waals surface area (Å²) < 4.78 is 39.8. The lowest BCUT2D eigenvalue weighted by molar-refractivity contribution is -0.161. The van der Waals surface area contributed by atoms with E-state index in [1.54, 1.807) is 0 Å². The third kappa shape index (κ3) is 62.0. The molecule has 0 aromatic heterocycles. The average Bonchev–Trinajstić information content (AvgIpc) is 3.47. The quantitative estimate of drug-likeness (QED) is 0.0197. The summed E-state index contributed by atoms with van der Waals surface area (Å²) in [6, 6.07) is 0. The van der Waals surface area contributed by atoms with Gasteiger partial charge in [0.2, 0.25) is 0 Å². The predicted molar refractivity (Wildman–Crippen MR) is 344 cm³/mol. The van der Waals surface area contributed by atoms with Gasteiger partial charge < -0.3 is 24.2 Å². The van der Waals surface area contributed by atoms with E-state index in [9.17, 15) is 28.9 Å². The number of esters is 3. The molecule has 0 heterocycles. The summed E-state index contributed by atoms with van der Waals surface area (Å²) in [6.07, 6.45) is 72.0. The Morgan fingerprint density at radius 2 is 0.598 bits per heavy atom. The molecule has 0 bridgehead atoms. The van der Waals surface area contributed by atoms with Gasteiger partial charge in [-0.15, -0.1) is 0 Å². The second-order valence-corrected chi connectivity index (χ2v) is 24.8. The summed E-state index contributed by atoms with van der Waals surface area (Å²) in [5, 5.41) is 9.88. The molecule has 3 atom stereocenters. The first kappa shape index (κ1) is 79.4. The molecule has 480 valence electrons. The van der Waals surface area contributed by atoms with Gasteiger partial charge in [0.25, 0.3) is 0 Å². The van der Waals surface area contributed by atoms with Gasteiger partial charge in [0.05, 0.1) is 19.8 Å². The standard InChI is InChI=1S/C70H129O11P/c1-4-7-10-13-16-19-22-25-28-31-33-36-39-42-45-48-51-54-57-60-69(73)80-66(62-71)64-78-82(75,76)79-65-67(63-77-68(72)59-56-53-50-47-44-41-38-35-30-27-24-21-18-15-12-9-6-3)81-70(74)61-58-55-52-49-46-43-40-37-34-32-29-26-23-20-17-14-11-8-5-2/h18,21,25-30,66-67,71H,4-17,19-20,22-24,31-65H2,1-3H3,(H,75,76)/b21-18-,28-25-,29-26-,30-27-. The molecule has 82 heavy (non-hydrogen) atoms. The smallest absolute Gasteiger partial charge is 0.462 e. The highest BCUT2D eigenvalue weighted by molar-refractivity contribution is 7.47. The van der Waals surface area contributed by atoms with Crippen molar-refractivity contribution in [3.8, 4) is 0 Å². The van der Waals surface area contributed by atoms with E-state index in [0.29, 0.717) is 19.3 Å². The lowest BCUT2D eigenvalue weighted by Gasteiger charge is -2.21. The van der Waals surface area contributed by atoms with Crippen LogP contribution in [-0.2, 0) is 42.2 Å². The molecular formula is C70H129O11P. The van der Waals surface area contributed by atoms with Crippen LogP contribution in [0.2, 0.25) is 0 Å². The number of aliphatic hydroxyl groups excluding tert-OH is 1. The zero-order valence-corrected chi connectivity index (χ0v) is 54.4. The molecule has 0 radical (unpaired) electrons. The van der Waals surface area contributed by atoms with Crippen molar-refractivity contribution in [3.63, 3.8) is 0 Å². The first-order valence-electron chi connectivity index (χ1n) is 34.5. The van der Waals surface area contributed by atoms with Crippen molar-refractivity contribution in [2.75, 3.05) is 26.4 Å². The van der Waals surface area contributed by atoms with Gasteiger partial charge in [-0.1, -0.05) is 268 Å². The topological polar surface area (TPSA) is 155 Å². The fraction of sp³-hybridized carbons (Fsp3) is 0.843. The van der Waals surface area contributed by atoms with Crippen LogP contribution in [0.25, 0.3) is 0 Å². The van der Waals surface area contributed by atoms with Crippen LogP contribution in [0.4, 0.5) is 0 Å². The van der Waals surface area contributed by atoms with E-state index >= 15 is 0 Å². The van der Waals surface area contributed by atoms with E-state index in [4.69, 9.17) is 23.3 Å². The van der Waals surface area contributed by atoms with Gasteiger partial charge in [-0.25, -0.2) is 4.57 Å². The summed E-state index contributed by atoms with van der Waals surface area (Å²) in [5.41, 5.74) is 0. The molecule has 0 saturated heterocycles. The van der Waals surface area contributed by atoms with Gasteiger partial charge in [0.1, 0.15) is 12.7 Å². The van der Waals surface area contributed by atoms with E-state index in [2.05, 4.69) is 69.4 Å². The van der Waals surface area contributed by atoms with Crippen molar-refractivity contribution >= 4 is 25.7 Å². The summed E-state index contributed by atoms with van der Waals surface area (Å²) in [4.78, 5) is 48.9. The first-order valence-corrected chi connectivity index (χ1v) is 36.0. The van der Waals surface area contributed by atoms with Crippen molar-refractivity contribution in [1.29, 1.82) is 0 Å². The maximum absolute atomic E-state index is 13.0. The van der Waals surface area contributed by atoms with Gasteiger partial charge in [-0.3, -0.25) is 23.4 Å². The van der Waals surface area contributed by atoms with Gasteiger partial charge in [0, 0.05) is 19.3 Å². The largest absolute Gasteiger partial charge is 0.472 e. The van der Waals surface area contributed by atoms with Crippen molar-refractivity contribution in [2.24, 2.45) is 0 Å². The zero-order valence-electron chi connectivity index (χ0n) is 53.5. The van der Waals surface area contributed by atoms with Gasteiger partial charge in [0.15, 0.2) is 6.10 Å². The second-order valence-electron chi connectivity index (χ2n) is 23.3. The van der Waals surface area contributed by atoms with Crippen LogP contribution in [0.5, 0.6) is 0 Å². The minimum absolute atomic E-state index is 0.166. The molecule has 2 N–H and O–H groups in total. The highest BCUT2D eigenvalue weighted by atomic mass is 31.2. The Balaban J connectivity index is 4.65. The van der Waals surface area contributed by atoms with Crippen LogP contribution < -0.4 is 0 Å². The summed E-state index contributed by atoms with van der Waals surface area (Å²) in [6.45, 7) is 4.68. The minimum atomic E-state index is -4.76. The van der Waals surface area contributed by atoms with Crippen LogP contribution in [-0.4, -0.2) is 66.5 Å². The number of aliphatic hydroxyl groups is 1. The molecule has 0 amide bonds. The van der Waals surface area contributed by atoms with Gasteiger partial charge in [-0.2, -0.15) is 0 Å². The van der Waals surface area contributed by atoms with E-state index in [0.717, 1.165) is 70.6 Å². The SMILES string of the molecule is CCCCC/C=C\C/C=C\CCCCCCCCCC(=O)OCC(COP(=O)(O)OCC(CO)OC(=O)CCCCCCCCCCC/C=C\CCCCCCCC)OC(=O)CCCCCCCCCCC/C=C\CCCCCCCC. The molecule has 0 aliphatic rings. The maximum atomic E-state index is 13.0. The summed E-state index contributed by atoms with van der Waals surface area (Å²) in [7, 11) is -4.76. The predicted octanol–water partition coefficient (Wildman–Crippen LogP) is 21.3. The monoisotopic (exact) mass is 1180 g/mol. The van der Waals surface area contributed by atoms with Crippen LogP contribution in [0.1, 0.15) is 342 Å². The van der Waals surface area contributed by atoms with Gasteiger partial charge in [-0.05, 0) is 103 Å². The number of carbonyl (C=O) groups is 3. The molecule has 0 aliphatic heterocycles. The lowest BCUT2D eigenvalue weighted by atomic mass is 10.1. The molecule has 0 rings (SSSR count). The van der Waals surface area contributed by atoms with Crippen molar-refractivity contribution < 1.29 is 52.2 Å². The first-order chi connectivity index (χ1) is 40.2. The third-order valence-electron chi connectivity index (χ3n) is 15.2. The van der Waals surface area contributed by atoms with Crippen molar-refractivity contribution in [2.45, 2.75) is 354 Å². The van der Waals surface area contributed by atoms with Crippen LogP contribution in [0.3, 0.4) is 0 Å². The molecule has 0 aromatic carbocycles. The Morgan fingerprint density at radius 3 is 0.939 bits per heavy atom. The van der Waals surface area contributed by atoms with E-state index in [1.807, 2.05) is 0 Å². The van der Waals surface area contributed by atoms with Crippen molar-refractivity contribution in [3.05, 3.63) is 48.6 Å². The van der Waals surface area contributed by atoms with E-state index in [-0.39, 0.29) is 25.9 Å². The highest BCUT2D eigenvalue weighted by Gasteiger charge is 2.28. The minimum Gasteiger partial charge on any atom is -0.462 e. The fourth-order valence-electron chi connectivity index (χ4n) is 9.91. The Labute approximate surface area is 504 Å². The summed E-state index contributed by atoms with van der Waals surface area (Å²) in [5.74, 6) is -1.45. The number of ether oxygens (including phenoxy) is 3. The Bertz CT molecular complexity index is 1560. The lowest BCUT2D eigenvalue weighted by Crippen LogP contribution is -2.30. The normalized spacial score (nSPS) is 13.5. The number of carbonyl (C=O) groups excluding carboxylic acids is 3. The molecule has 11 nitrogen and oxygen atoms in total. The molecule has 12 heteroatoms. The van der Waals surface area contributed by atoms with E-state index < -0.39 is 57.8 Å². The van der Waals surface area contributed by atoms with Crippen LogP contribution >= 0.6 is 7.82 Å². The summed E-state index contributed by atoms with van der Waals surface area (Å²) >= 11 is 0. The molecular weight excluding hydrogens is 1050 g/mol. The third-order valence-corrected chi connectivity index (χ3v) is 16.1. The second kappa shape index (κ2) is 64.4. The zero-order chi connectivity index (χ0) is 59.8. The Kier molecular flexibility index (Phi) is 62.4. The molecule has 0 saturated carbocycles. The number of allylic oxidation sites excluding steroid dienone is 8. The Morgan fingerprint density at radius 1 is 0.341 bits per heavy atom. The maximum Gasteiger partial charge on any atom is 0.472 e. The highest BCUT2D eigenvalue weighted by Crippen LogP contribution is 2.43. The number of hydrogen-bond donors (Lipinski definition) is 2. The number of phosphoric ester groups is 1. The van der Waals surface area contributed by atoms with Crippen LogP contribution in [0.15, 0.2) is 48.6 Å². The van der Waals surface area contributed by atoms with Crippen LogP contribution in [0, 0.1) is 0 Å². The molecule has 0 fully saturated rings. The van der Waals surface area contributed by atoms with Gasteiger partial charge >= 0.3 is 25.7 Å². The van der Waals surface area contributed by atoms with Crippen molar-refractivity contribution in [1.82, 2.24) is 0 Å². The number of phosphoric acid groups is 1. The number of rotatable bonds is 65. The average molecular weight is 1180 g/mol. The number of hydrogen-bond acceptors (Lipinski definition) is 10. The molecule has 0 aliphatic carbocycles. The molecule has 3 unspecified atom stereocenters.